The molecule has 1 aliphatic heterocycles. The quantitative estimate of drug-likeness (QED) is 0.587. The van der Waals surface area contributed by atoms with Gasteiger partial charge in [-0.2, -0.15) is 0 Å². The lowest BCUT2D eigenvalue weighted by Gasteiger charge is -2.16. The first-order valence-corrected chi connectivity index (χ1v) is 9.89. The first-order valence-electron chi connectivity index (χ1n) is 9.89. The van der Waals surface area contributed by atoms with E-state index in [0.717, 1.165) is 46.0 Å². The van der Waals surface area contributed by atoms with Crippen molar-refractivity contribution in [1.29, 1.82) is 0 Å². The molecule has 0 unspecified atom stereocenters. The molecule has 0 amide bonds. The lowest BCUT2D eigenvalue weighted by atomic mass is 10.0. The summed E-state index contributed by atoms with van der Waals surface area (Å²) in [5.41, 5.74) is 12.9. The van der Waals surface area contributed by atoms with Crippen LogP contribution in [0, 0.1) is 0 Å². The highest BCUT2D eigenvalue weighted by atomic mass is 15.0. The largest absolute Gasteiger partial charge is 0.397 e. The smallest absolute Gasteiger partial charge is 0.0755 e. The normalized spacial score (nSPS) is 12.7. The minimum Gasteiger partial charge on any atom is -0.397 e. The number of nitrogens with one attached hydrogen (secondary N) is 2. The maximum Gasteiger partial charge on any atom is 0.0755 e. The van der Waals surface area contributed by atoms with Crippen LogP contribution in [0.3, 0.4) is 0 Å². The number of para-hydroxylation sites is 2. The van der Waals surface area contributed by atoms with E-state index in [-0.39, 0.29) is 0 Å². The number of nitrogen functional groups attached to an aromatic ring is 1. The van der Waals surface area contributed by atoms with E-state index in [9.17, 15) is 0 Å². The molecule has 1 aliphatic rings. The van der Waals surface area contributed by atoms with Crippen molar-refractivity contribution in [3.8, 4) is 0 Å². The van der Waals surface area contributed by atoms with E-state index in [4.69, 9.17) is 10.7 Å². The molecule has 0 fully saturated rings. The Morgan fingerprint density at radius 3 is 2.39 bits per heavy atom. The van der Waals surface area contributed by atoms with E-state index >= 15 is 0 Å². The van der Waals surface area contributed by atoms with Crippen molar-refractivity contribution in [1.82, 2.24) is 5.32 Å². The maximum absolute atomic E-state index is 5.95. The Morgan fingerprint density at radius 2 is 1.79 bits per heavy atom. The maximum atomic E-state index is 5.95. The molecular formula is C24H32N4. The van der Waals surface area contributed by atoms with Crippen LogP contribution in [-0.4, -0.2) is 18.8 Å². The number of allylic oxidation sites excluding steroid dienone is 1. The molecule has 0 aliphatic carbocycles. The summed E-state index contributed by atoms with van der Waals surface area (Å²) >= 11 is 0. The van der Waals surface area contributed by atoms with Crippen LogP contribution in [0.1, 0.15) is 44.7 Å². The fraction of sp³-hybridized carbons (Fsp3) is 0.292. The molecule has 0 atom stereocenters. The van der Waals surface area contributed by atoms with Gasteiger partial charge in [-0.1, -0.05) is 75.2 Å². The number of anilines is 2. The summed E-state index contributed by atoms with van der Waals surface area (Å²) in [6.07, 6.45) is 4.58. The molecule has 148 valence electrons. The molecule has 4 nitrogen and oxygen atoms in total. The lowest BCUT2D eigenvalue weighted by molar-refractivity contribution is 0.886. The first kappa shape index (κ1) is 21.3. The molecule has 3 rings (SSSR count). The second kappa shape index (κ2) is 11.0. The highest BCUT2D eigenvalue weighted by Gasteiger charge is 2.10. The third kappa shape index (κ3) is 6.31. The van der Waals surface area contributed by atoms with Crippen molar-refractivity contribution in [2.75, 3.05) is 24.1 Å². The van der Waals surface area contributed by atoms with Gasteiger partial charge in [-0.3, -0.25) is 4.99 Å². The van der Waals surface area contributed by atoms with Crippen LogP contribution < -0.4 is 16.4 Å². The predicted octanol–water partition coefficient (Wildman–Crippen LogP) is 5.45. The predicted molar refractivity (Wildman–Crippen MR) is 124 cm³/mol. The second-order valence-electron chi connectivity index (χ2n) is 6.87. The highest BCUT2D eigenvalue weighted by molar-refractivity contribution is 6.03. The van der Waals surface area contributed by atoms with Crippen molar-refractivity contribution >= 4 is 22.7 Å². The molecule has 2 aromatic rings. The molecule has 4 N–H and O–H groups in total. The van der Waals surface area contributed by atoms with E-state index < -0.39 is 0 Å². The Bertz CT molecular complexity index is 830. The van der Waals surface area contributed by atoms with Crippen LogP contribution in [-0.2, 0) is 0 Å². The highest BCUT2D eigenvalue weighted by Crippen LogP contribution is 2.18. The zero-order valence-electron chi connectivity index (χ0n) is 17.3. The van der Waals surface area contributed by atoms with E-state index in [2.05, 4.69) is 55.3 Å². The van der Waals surface area contributed by atoms with Gasteiger partial charge in [0.25, 0.3) is 0 Å². The van der Waals surface area contributed by atoms with Gasteiger partial charge in [0, 0.05) is 6.20 Å². The van der Waals surface area contributed by atoms with Gasteiger partial charge >= 0.3 is 0 Å². The molecule has 0 saturated heterocycles. The van der Waals surface area contributed by atoms with Crippen LogP contribution in [0.15, 0.2) is 72.0 Å². The van der Waals surface area contributed by atoms with Crippen LogP contribution in [0.4, 0.5) is 11.4 Å². The van der Waals surface area contributed by atoms with Gasteiger partial charge in [0.2, 0.25) is 0 Å². The number of benzene rings is 2. The molecule has 2 aromatic carbocycles. The van der Waals surface area contributed by atoms with Crippen molar-refractivity contribution in [2.45, 2.75) is 33.6 Å². The van der Waals surface area contributed by atoms with Gasteiger partial charge in [-0.15, -0.1) is 0 Å². The van der Waals surface area contributed by atoms with E-state index in [1.807, 2.05) is 37.4 Å². The van der Waals surface area contributed by atoms with Crippen LogP contribution in [0.2, 0.25) is 0 Å². The first-order chi connectivity index (χ1) is 13.5. The lowest BCUT2D eigenvalue weighted by Crippen LogP contribution is -2.25. The van der Waals surface area contributed by atoms with E-state index in [0.29, 0.717) is 6.54 Å². The minimum absolute atomic E-state index is 0.620. The fourth-order valence-corrected chi connectivity index (χ4v) is 2.56. The SMILES string of the molecule is C=C(C)c1ccc(C2=NC(CNc3ccccc3N)=CNC2)cc1.CCCC. The van der Waals surface area contributed by atoms with Crippen LogP contribution in [0.5, 0.6) is 0 Å². The minimum atomic E-state index is 0.620. The fourth-order valence-electron chi connectivity index (χ4n) is 2.56. The van der Waals surface area contributed by atoms with Crippen LogP contribution >= 0.6 is 0 Å². The van der Waals surface area contributed by atoms with Gasteiger partial charge in [-0.25, -0.2) is 0 Å². The van der Waals surface area contributed by atoms with Crippen molar-refractivity contribution in [3.05, 3.63) is 78.1 Å². The number of rotatable bonds is 6. The zero-order valence-corrected chi connectivity index (χ0v) is 17.3. The van der Waals surface area contributed by atoms with Crippen molar-refractivity contribution in [2.24, 2.45) is 4.99 Å². The molecule has 0 aromatic heterocycles. The average Bonchev–Trinajstić information content (AvgIpc) is 2.73. The molecule has 0 bridgehead atoms. The standard InChI is InChI=1S/C20H22N4.C4H10/c1-14(2)15-7-9-16(10-8-15)20-13-22-11-17(24-20)12-23-19-6-4-3-5-18(19)21;1-3-4-2/h3-11,22-23H,1,12-13,21H2,2H3;3-4H2,1-2H3. The Hall–Kier alpha value is -3.01. The molecule has 28 heavy (non-hydrogen) atoms. The Balaban J connectivity index is 0.000000640. The summed E-state index contributed by atoms with van der Waals surface area (Å²) < 4.78 is 0. The van der Waals surface area contributed by atoms with Crippen LogP contribution in [0.25, 0.3) is 5.57 Å². The van der Waals surface area contributed by atoms with Gasteiger partial charge in [0.1, 0.15) is 0 Å². The molecular weight excluding hydrogens is 344 g/mol. The van der Waals surface area contributed by atoms with Crippen molar-refractivity contribution < 1.29 is 0 Å². The zero-order chi connectivity index (χ0) is 20.4. The summed E-state index contributed by atoms with van der Waals surface area (Å²) in [4.78, 5) is 4.76. The number of hydrogen-bond donors (Lipinski definition) is 3. The van der Waals surface area contributed by atoms with E-state index in [1.165, 1.54) is 12.8 Å². The Morgan fingerprint density at radius 1 is 1.11 bits per heavy atom. The Labute approximate surface area is 169 Å². The number of hydrogen-bond acceptors (Lipinski definition) is 4. The monoisotopic (exact) mass is 376 g/mol. The number of nitrogens with zero attached hydrogens (tertiary/aromatic N) is 1. The van der Waals surface area contributed by atoms with Gasteiger partial charge in [-0.05, 0) is 30.2 Å². The number of aliphatic imine (C=N–C) groups is 1. The molecule has 0 saturated carbocycles. The number of unbranched alkanes of at least 4 members (excludes halogenated alkanes) is 1. The molecule has 0 spiro atoms. The van der Waals surface area contributed by atoms with Gasteiger partial charge in [0.05, 0.1) is 35.9 Å². The van der Waals surface area contributed by atoms with Gasteiger partial charge < -0.3 is 16.4 Å². The Kier molecular flexibility index (Phi) is 8.35. The summed E-state index contributed by atoms with van der Waals surface area (Å²) in [5.74, 6) is 0. The summed E-state index contributed by atoms with van der Waals surface area (Å²) in [6, 6.07) is 16.1. The second-order valence-corrected chi connectivity index (χ2v) is 6.87. The van der Waals surface area contributed by atoms with Crippen molar-refractivity contribution in [3.63, 3.8) is 0 Å². The summed E-state index contributed by atoms with van der Waals surface area (Å²) in [5, 5.41) is 6.62. The molecule has 4 heteroatoms. The third-order valence-corrected chi connectivity index (χ3v) is 4.45. The molecule has 1 heterocycles. The van der Waals surface area contributed by atoms with Gasteiger partial charge in [0.15, 0.2) is 0 Å². The average molecular weight is 377 g/mol. The van der Waals surface area contributed by atoms with E-state index in [1.54, 1.807) is 0 Å². The topological polar surface area (TPSA) is 62.4 Å². The summed E-state index contributed by atoms with van der Waals surface area (Å²) in [6.45, 7) is 11.7. The third-order valence-electron chi connectivity index (χ3n) is 4.45. The molecule has 0 radical (unpaired) electrons. The summed E-state index contributed by atoms with van der Waals surface area (Å²) in [7, 11) is 0. The number of nitrogens with two attached hydrogens (primary N) is 1.